The van der Waals surface area contributed by atoms with E-state index in [1.807, 2.05) is 6.20 Å². The summed E-state index contributed by atoms with van der Waals surface area (Å²) in [6.45, 7) is 4.19. The molecule has 114 valence electrons. The zero-order chi connectivity index (χ0) is 13.9. The molecule has 1 aliphatic heterocycles. The van der Waals surface area contributed by atoms with E-state index in [0.717, 1.165) is 26.2 Å². The van der Waals surface area contributed by atoms with E-state index >= 15 is 0 Å². The molecule has 3 rings (SSSR count). The Bertz CT molecular complexity index is 560. The van der Waals surface area contributed by atoms with Crippen molar-refractivity contribution >= 4 is 28.9 Å². The van der Waals surface area contributed by atoms with Crippen LogP contribution < -0.4 is 5.73 Å². The van der Waals surface area contributed by atoms with E-state index in [4.69, 9.17) is 5.73 Å². The van der Waals surface area contributed by atoms with E-state index in [1.54, 1.807) is 11.3 Å². The first-order chi connectivity index (χ1) is 9.72. The molecule has 0 radical (unpaired) electrons. The maximum absolute atomic E-state index is 5.73. The lowest BCUT2D eigenvalue weighted by molar-refractivity contribution is 0.0842. The van der Waals surface area contributed by atoms with E-state index in [0.29, 0.717) is 11.2 Å². The zero-order valence-electron chi connectivity index (χ0n) is 12.1. The second-order valence-corrected chi connectivity index (χ2v) is 6.47. The number of thiazole rings is 1. The maximum Gasteiger partial charge on any atom is 0.180 e. The van der Waals surface area contributed by atoms with Gasteiger partial charge in [0.2, 0.25) is 0 Å². The number of anilines is 1. The number of aromatic nitrogens is 1. The second-order valence-electron chi connectivity index (χ2n) is 5.32. The number of hydrogen-bond acceptors (Lipinski definition) is 5. The SMILES string of the molecule is CN1CCN(Cc2cnc(N)s2)C(c2ccccc2)C1.Cl. The number of halogens is 1. The Morgan fingerprint density at radius 3 is 2.71 bits per heavy atom. The molecule has 2 N–H and O–H groups in total. The third-order valence-electron chi connectivity index (χ3n) is 3.81. The Labute approximate surface area is 136 Å². The summed E-state index contributed by atoms with van der Waals surface area (Å²) in [6, 6.07) is 11.2. The van der Waals surface area contributed by atoms with Gasteiger partial charge in [0.1, 0.15) is 0 Å². The average molecular weight is 325 g/mol. The molecule has 4 nitrogen and oxygen atoms in total. The molecule has 0 spiro atoms. The van der Waals surface area contributed by atoms with Gasteiger partial charge in [-0.1, -0.05) is 30.3 Å². The van der Waals surface area contributed by atoms with Crippen molar-refractivity contribution in [3.05, 3.63) is 47.0 Å². The number of rotatable bonds is 3. The predicted octanol–water partition coefficient (Wildman–Crippen LogP) is 2.64. The van der Waals surface area contributed by atoms with Gasteiger partial charge in [0.25, 0.3) is 0 Å². The molecule has 0 saturated carbocycles. The number of nitrogens with zero attached hydrogens (tertiary/aromatic N) is 3. The fourth-order valence-electron chi connectivity index (χ4n) is 2.73. The van der Waals surface area contributed by atoms with Crippen LogP contribution >= 0.6 is 23.7 Å². The minimum absolute atomic E-state index is 0. The first-order valence-electron chi connectivity index (χ1n) is 6.90. The minimum Gasteiger partial charge on any atom is -0.375 e. The monoisotopic (exact) mass is 324 g/mol. The van der Waals surface area contributed by atoms with E-state index in [1.165, 1.54) is 10.4 Å². The Hall–Kier alpha value is -1.14. The van der Waals surface area contributed by atoms with Gasteiger partial charge < -0.3 is 10.6 Å². The van der Waals surface area contributed by atoms with Gasteiger partial charge in [-0.3, -0.25) is 4.90 Å². The van der Waals surface area contributed by atoms with Crippen LogP contribution in [-0.4, -0.2) is 41.5 Å². The lowest BCUT2D eigenvalue weighted by atomic mass is 10.0. The third kappa shape index (κ3) is 3.95. The van der Waals surface area contributed by atoms with Crippen molar-refractivity contribution in [1.29, 1.82) is 0 Å². The highest BCUT2D eigenvalue weighted by molar-refractivity contribution is 7.15. The van der Waals surface area contributed by atoms with E-state index < -0.39 is 0 Å². The van der Waals surface area contributed by atoms with Crippen LogP contribution in [0.4, 0.5) is 5.13 Å². The molecule has 1 unspecified atom stereocenters. The predicted molar refractivity (Wildman–Crippen MR) is 90.9 cm³/mol. The number of benzene rings is 1. The lowest BCUT2D eigenvalue weighted by Gasteiger charge is -2.40. The minimum atomic E-state index is 0. The van der Waals surface area contributed by atoms with E-state index in [9.17, 15) is 0 Å². The molecular weight excluding hydrogens is 304 g/mol. The smallest absolute Gasteiger partial charge is 0.180 e. The molecule has 2 aromatic rings. The fraction of sp³-hybridized carbons (Fsp3) is 0.400. The summed E-state index contributed by atoms with van der Waals surface area (Å²) in [4.78, 5) is 10.3. The fourth-order valence-corrected chi connectivity index (χ4v) is 3.44. The van der Waals surface area contributed by atoms with Crippen LogP contribution in [0.2, 0.25) is 0 Å². The molecule has 2 heterocycles. The van der Waals surface area contributed by atoms with Gasteiger partial charge >= 0.3 is 0 Å². The van der Waals surface area contributed by atoms with Crippen LogP contribution in [0.15, 0.2) is 36.5 Å². The highest BCUT2D eigenvalue weighted by atomic mass is 35.5. The van der Waals surface area contributed by atoms with Crippen molar-refractivity contribution in [1.82, 2.24) is 14.8 Å². The van der Waals surface area contributed by atoms with Crippen molar-refractivity contribution < 1.29 is 0 Å². The van der Waals surface area contributed by atoms with E-state index in [2.05, 4.69) is 52.2 Å². The van der Waals surface area contributed by atoms with Crippen molar-refractivity contribution in [3.63, 3.8) is 0 Å². The van der Waals surface area contributed by atoms with Gasteiger partial charge in [-0.15, -0.1) is 23.7 Å². The lowest BCUT2D eigenvalue weighted by Crippen LogP contribution is -2.46. The third-order valence-corrected chi connectivity index (χ3v) is 4.62. The molecule has 1 fully saturated rings. The summed E-state index contributed by atoms with van der Waals surface area (Å²) in [5.41, 5.74) is 7.12. The molecular formula is C15H21ClN4S. The normalized spacial score (nSPS) is 20.1. The van der Waals surface area contributed by atoms with Crippen molar-refractivity contribution in [2.24, 2.45) is 0 Å². The van der Waals surface area contributed by atoms with Crippen LogP contribution in [0.25, 0.3) is 0 Å². The van der Waals surface area contributed by atoms with Gasteiger partial charge in [-0.2, -0.15) is 0 Å². The summed E-state index contributed by atoms with van der Waals surface area (Å²) >= 11 is 1.59. The summed E-state index contributed by atoms with van der Waals surface area (Å²) in [5, 5.41) is 0.658. The number of nitrogen functional groups attached to an aromatic ring is 1. The molecule has 0 bridgehead atoms. The number of nitrogens with two attached hydrogens (primary N) is 1. The molecule has 6 heteroatoms. The zero-order valence-corrected chi connectivity index (χ0v) is 13.7. The van der Waals surface area contributed by atoms with Crippen LogP contribution in [0.5, 0.6) is 0 Å². The molecule has 1 saturated heterocycles. The van der Waals surface area contributed by atoms with Gasteiger partial charge in [-0.25, -0.2) is 4.98 Å². The highest BCUT2D eigenvalue weighted by Crippen LogP contribution is 2.28. The molecule has 21 heavy (non-hydrogen) atoms. The van der Waals surface area contributed by atoms with Crippen LogP contribution in [0, 0.1) is 0 Å². The van der Waals surface area contributed by atoms with Crippen LogP contribution in [0.3, 0.4) is 0 Å². The van der Waals surface area contributed by atoms with Gasteiger partial charge in [0.05, 0.1) is 0 Å². The Morgan fingerprint density at radius 2 is 2.05 bits per heavy atom. The number of hydrogen-bond donors (Lipinski definition) is 1. The van der Waals surface area contributed by atoms with E-state index in [-0.39, 0.29) is 12.4 Å². The number of likely N-dealkylation sites (N-methyl/N-ethyl adjacent to an activating group) is 1. The first-order valence-corrected chi connectivity index (χ1v) is 7.72. The topological polar surface area (TPSA) is 45.4 Å². The largest absolute Gasteiger partial charge is 0.375 e. The number of piperazine rings is 1. The van der Waals surface area contributed by atoms with Crippen LogP contribution in [0.1, 0.15) is 16.5 Å². The van der Waals surface area contributed by atoms with Gasteiger partial charge in [0.15, 0.2) is 5.13 Å². The first kappa shape index (κ1) is 16.2. The molecule has 1 aliphatic rings. The Kier molecular flexibility index (Phi) is 5.58. The molecule has 1 aromatic carbocycles. The molecule has 1 atom stereocenters. The summed E-state index contributed by atoms with van der Waals surface area (Å²) in [5.74, 6) is 0. The molecule has 1 aromatic heterocycles. The Morgan fingerprint density at radius 1 is 1.29 bits per heavy atom. The van der Waals surface area contributed by atoms with Gasteiger partial charge in [0, 0.05) is 43.3 Å². The molecule has 0 amide bonds. The summed E-state index contributed by atoms with van der Waals surface area (Å²) in [6.07, 6.45) is 1.90. The van der Waals surface area contributed by atoms with Crippen LogP contribution in [-0.2, 0) is 6.54 Å². The van der Waals surface area contributed by atoms with Crippen molar-refractivity contribution in [2.45, 2.75) is 12.6 Å². The molecule has 0 aliphatic carbocycles. The average Bonchev–Trinajstić information content (AvgIpc) is 2.87. The van der Waals surface area contributed by atoms with Gasteiger partial charge in [-0.05, 0) is 12.6 Å². The van der Waals surface area contributed by atoms with Crippen molar-refractivity contribution in [2.75, 3.05) is 32.4 Å². The standard InChI is InChI=1S/C15H20N4S.ClH/c1-18-7-8-19(10-13-9-17-15(16)20-13)14(11-18)12-5-3-2-4-6-12;/h2-6,9,14H,7-8,10-11H2,1H3,(H2,16,17);1H. The second kappa shape index (κ2) is 7.22. The maximum atomic E-state index is 5.73. The Balaban J connectivity index is 0.00000161. The highest BCUT2D eigenvalue weighted by Gasteiger charge is 2.26. The van der Waals surface area contributed by atoms with Crippen molar-refractivity contribution in [3.8, 4) is 0 Å². The quantitative estimate of drug-likeness (QED) is 0.942. The summed E-state index contributed by atoms with van der Waals surface area (Å²) < 4.78 is 0. The summed E-state index contributed by atoms with van der Waals surface area (Å²) in [7, 11) is 2.19.